The Hall–Kier alpha value is -2.93. The zero-order chi connectivity index (χ0) is 20.1. The average Bonchev–Trinajstić information content (AvgIpc) is 3.23. The first-order valence-electron chi connectivity index (χ1n) is 10.2. The molecule has 1 fully saturated rings. The quantitative estimate of drug-likeness (QED) is 0.616. The van der Waals surface area contributed by atoms with Gasteiger partial charge in [-0.2, -0.15) is 0 Å². The lowest BCUT2D eigenvalue weighted by Gasteiger charge is -2.39. The van der Waals surface area contributed by atoms with Crippen molar-refractivity contribution in [1.82, 2.24) is 25.1 Å². The van der Waals surface area contributed by atoms with Crippen LogP contribution < -0.4 is 9.64 Å². The third-order valence-electron chi connectivity index (χ3n) is 5.61. The molecule has 0 bridgehead atoms. The Morgan fingerprint density at radius 2 is 1.69 bits per heavy atom. The highest BCUT2D eigenvalue weighted by atomic mass is 16.5. The number of benzene rings is 2. The van der Waals surface area contributed by atoms with Crippen LogP contribution in [0, 0.1) is 0 Å². The molecule has 1 aromatic heterocycles. The van der Waals surface area contributed by atoms with E-state index in [0.29, 0.717) is 6.54 Å². The number of rotatable bonds is 7. The van der Waals surface area contributed by atoms with Gasteiger partial charge in [-0.3, -0.25) is 4.90 Å². The fraction of sp³-hybridized carbons (Fsp3) is 0.409. The van der Waals surface area contributed by atoms with E-state index in [1.54, 1.807) is 7.11 Å². The van der Waals surface area contributed by atoms with Crippen molar-refractivity contribution in [3.05, 3.63) is 66.0 Å². The number of methoxy groups -OCH3 is 1. The minimum atomic E-state index is 0.228. The number of hydrogen-bond donors (Lipinski definition) is 0. The van der Waals surface area contributed by atoms with Gasteiger partial charge < -0.3 is 9.64 Å². The molecule has 152 valence electrons. The van der Waals surface area contributed by atoms with Gasteiger partial charge in [0.1, 0.15) is 5.75 Å². The van der Waals surface area contributed by atoms with Crippen LogP contribution in [-0.4, -0.2) is 58.4 Å². The van der Waals surface area contributed by atoms with Crippen molar-refractivity contribution in [2.24, 2.45) is 0 Å². The number of ether oxygens (including phenoxy) is 1. The zero-order valence-corrected chi connectivity index (χ0v) is 17.1. The van der Waals surface area contributed by atoms with Crippen molar-refractivity contribution >= 4 is 5.69 Å². The lowest BCUT2D eigenvalue weighted by atomic mass is 10.1. The zero-order valence-electron chi connectivity index (χ0n) is 17.1. The van der Waals surface area contributed by atoms with Crippen molar-refractivity contribution in [3.63, 3.8) is 0 Å². The first kappa shape index (κ1) is 19.4. The van der Waals surface area contributed by atoms with Crippen LogP contribution in [0.3, 0.4) is 0 Å². The van der Waals surface area contributed by atoms with E-state index in [2.05, 4.69) is 68.6 Å². The predicted octanol–water partition coefficient (Wildman–Crippen LogP) is 3.00. The molecule has 3 aromatic rings. The van der Waals surface area contributed by atoms with Gasteiger partial charge in [0.25, 0.3) is 0 Å². The van der Waals surface area contributed by atoms with Gasteiger partial charge in [-0.25, -0.2) is 4.68 Å². The minimum Gasteiger partial charge on any atom is -0.497 e. The highest BCUT2D eigenvalue weighted by Gasteiger charge is 2.28. The molecule has 1 aliphatic heterocycles. The van der Waals surface area contributed by atoms with Crippen molar-refractivity contribution in [2.45, 2.75) is 25.9 Å². The summed E-state index contributed by atoms with van der Waals surface area (Å²) in [6, 6.07) is 18.9. The summed E-state index contributed by atoms with van der Waals surface area (Å²) in [5.74, 6) is 1.85. The van der Waals surface area contributed by atoms with Crippen LogP contribution in [0.1, 0.15) is 30.8 Å². The Morgan fingerprint density at radius 1 is 0.966 bits per heavy atom. The molecule has 0 N–H and O–H groups in total. The van der Waals surface area contributed by atoms with Crippen molar-refractivity contribution < 1.29 is 4.74 Å². The Kier molecular flexibility index (Phi) is 6.05. The summed E-state index contributed by atoms with van der Waals surface area (Å²) in [6.45, 7) is 6.87. The number of anilines is 1. The first-order chi connectivity index (χ1) is 14.3. The van der Waals surface area contributed by atoms with Crippen LogP contribution >= 0.6 is 0 Å². The summed E-state index contributed by atoms with van der Waals surface area (Å²) in [5.41, 5.74) is 2.45. The van der Waals surface area contributed by atoms with Gasteiger partial charge in [0.05, 0.1) is 19.7 Å². The van der Waals surface area contributed by atoms with Crippen LogP contribution in [0.15, 0.2) is 54.6 Å². The fourth-order valence-electron chi connectivity index (χ4n) is 4.01. The molecule has 2 aromatic carbocycles. The first-order valence-corrected chi connectivity index (χ1v) is 10.2. The predicted molar refractivity (Wildman–Crippen MR) is 113 cm³/mol. The molecular formula is C22H28N6O. The SMILES string of the molecule is CC[C@@H](c1nnnn1Cc1ccccc1)N1CCN(c2ccc(OC)cc2)CC1. The largest absolute Gasteiger partial charge is 0.497 e. The van der Waals surface area contributed by atoms with Gasteiger partial charge in [0, 0.05) is 31.9 Å². The molecule has 0 spiro atoms. The summed E-state index contributed by atoms with van der Waals surface area (Å²) in [7, 11) is 1.70. The molecular weight excluding hydrogens is 364 g/mol. The van der Waals surface area contributed by atoms with Gasteiger partial charge in [-0.15, -0.1) is 5.10 Å². The van der Waals surface area contributed by atoms with Crippen LogP contribution in [0.5, 0.6) is 5.75 Å². The lowest BCUT2D eigenvalue weighted by molar-refractivity contribution is 0.169. The molecule has 1 saturated heterocycles. The molecule has 0 amide bonds. The lowest BCUT2D eigenvalue weighted by Crippen LogP contribution is -2.48. The van der Waals surface area contributed by atoms with Crippen LogP contribution in [0.2, 0.25) is 0 Å². The summed E-state index contributed by atoms with van der Waals surface area (Å²) in [6.07, 6.45) is 0.984. The van der Waals surface area contributed by atoms with Crippen LogP contribution in [0.4, 0.5) is 5.69 Å². The molecule has 7 heteroatoms. The maximum atomic E-state index is 5.27. The Morgan fingerprint density at radius 3 is 2.34 bits per heavy atom. The Bertz CT molecular complexity index is 887. The molecule has 0 radical (unpaired) electrons. The Labute approximate surface area is 171 Å². The van der Waals surface area contributed by atoms with Gasteiger partial charge in [0.15, 0.2) is 5.82 Å². The van der Waals surface area contributed by atoms with Gasteiger partial charge in [0.2, 0.25) is 0 Å². The molecule has 2 heterocycles. The van der Waals surface area contributed by atoms with Crippen molar-refractivity contribution in [2.75, 3.05) is 38.2 Å². The Balaban J connectivity index is 1.42. The smallest absolute Gasteiger partial charge is 0.168 e. The number of nitrogens with zero attached hydrogens (tertiary/aromatic N) is 6. The highest BCUT2D eigenvalue weighted by molar-refractivity contribution is 5.49. The minimum absolute atomic E-state index is 0.228. The molecule has 1 atom stereocenters. The molecule has 7 nitrogen and oxygen atoms in total. The second-order valence-corrected chi connectivity index (χ2v) is 7.33. The van der Waals surface area contributed by atoms with E-state index in [9.17, 15) is 0 Å². The van der Waals surface area contributed by atoms with Gasteiger partial charge >= 0.3 is 0 Å². The second kappa shape index (κ2) is 9.05. The van der Waals surface area contributed by atoms with E-state index in [1.807, 2.05) is 22.9 Å². The highest BCUT2D eigenvalue weighted by Crippen LogP contribution is 2.26. The van der Waals surface area contributed by atoms with E-state index in [4.69, 9.17) is 4.74 Å². The molecule has 29 heavy (non-hydrogen) atoms. The van der Waals surface area contributed by atoms with Gasteiger partial charge in [-0.1, -0.05) is 37.3 Å². The van der Waals surface area contributed by atoms with E-state index in [0.717, 1.165) is 44.2 Å². The number of hydrogen-bond acceptors (Lipinski definition) is 6. The fourth-order valence-corrected chi connectivity index (χ4v) is 4.01. The topological polar surface area (TPSA) is 59.3 Å². The van der Waals surface area contributed by atoms with E-state index in [-0.39, 0.29) is 6.04 Å². The third-order valence-corrected chi connectivity index (χ3v) is 5.61. The van der Waals surface area contributed by atoms with Crippen molar-refractivity contribution in [3.8, 4) is 5.75 Å². The molecule has 0 saturated carbocycles. The van der Waals surface area contributed by atoms with Crippen molar-refractivity contribution in [1.29, 1.82) is 0 Å². The molecule has 0 aliphatic carbocycles. The van der Waals surface area contributed by atoms with Crippen LogP contribution in [0.25, 0.3) is 0 Å². The number of aromatic nitrogens is 4. The summed E-state index contributed by atoms with van der Waals surface area (Å²) in [4.78, 5) is 4.93. The third kappa shape index (κ3) is 4.40. The van der Waals surface area contributed by atoms with E-state index >= 15 is 0 Å². The maximum Gasteiger partial charge on any atom is 0.168 e. The second-order valence-electron chi connectivity index (χ2n) is 7.33. The summed E-state index contributed by atoms with van der Waals surface area (Å²) in [5, 5.41) is 12.6. The van der Waals surface area contributed by atoms with E-state index < -0.39 is 0 Å². The average molecular weight is 393 g/mol. The molecule has 1 aliphatic rings. The maximum absolute atomic E-state index is 5.27. The molecule has 0 unspecified atom stereocenters. The number of piperazine rings is 1. The number of tetrazole rings is 1. The van der Waals surface area contributed by atoms with Crippen LogP contribution in [-0.2, 0) is 6.54 Å². The summed E-state index contributed by atoms with van der Waals surface area (Å²) >= 11 is 0. The normalized spacial score (nSPS) is 16.0. The monoisotopic (exact) mass is 392 g/mol. The van der Waals surface area contributed by atoms with E-state index in [1.165, 1.54) is 11.3 Å². The standard InChI is InChI=1S/C22H28N6O/c1-3-21(22-23-24-25-28(22)17-18-7-5-4-6-8-18)27-15-13-26(14-16-27)19-9-11-20(29-2)12-10-19/h4-12,21H,3,13-17H2,1-2H3/t21-/m0/s1. The molecule has 4 rings (SSSR count). The van der Waals surface area contributed by atoms with Gasteiger partial charge in [-0.05, 0) is 46.7 Å². The summed E-state index contributed by atoms with van der Waals surface area (Å²) < 4.78 is 7.21.